The smallest absolute Gasteiger partial charge is 0.238 e. The largest absolute Gasteiger partial charge is 0.377 e. The normalized spacial score (nSPS) is 20.2. The van der Waals surface area contributed by atoms with Crippen LogP contribution in [-0.2, 0) is 9.53 Å². The van der Waals surface area contributed by atoms with E-state index in [1.54, 1.807) is 0 Å². The Balaban J connectivity index is 1.75. The van der Waals surface area contributed by atoms with Gasteiger partial charge in [-0.1, -0.05) is 22.0 Å². The van der Waals surface area contributed by atoms with Crippen LogP contribution < -0.4 is 10.6 Å². The van der Waals surface area contributed by atoms with E-state index in [0.717, 1.165) is 29.6 Å². The highest BCUT2D eigenvalue weighted by atomic mass is 79.9. The van der Waals surface area contributed by atoms with Crippen molar-refractivity contribution in [1.29, 1.82) is 0 Å². The lowest BCUT2D eigenvalue weighted by Gasteiger charge is -2.19. The zero-order valence-electron chi connectivity index (χ0n) is 11.0. The second-order valence-electron chi connectivity index (χ2n) is 4.78. The van der Waals surface area contributed by atoms with Crippen LogP contribution in [0, 0.1) is 0 Å². The fourth-order valence-corrected chi connectivity index (χ4v) is 2.55. The predicted octanol–water partition coefficient (Wildman–Crippen LogP) is 2.54. The molecule has 1 amide bonds. The number of hydrogen-bond donors (Lipinski definition) is 2. The Morgan fingerprint density at radius 3 is 3.11 bits per heavy atom. The Kier molecular flexibility index (Phi) is 5.36. The van der Waals surface area contributed by atoms with E-state index >= 15 is 0 Å². The number of carbonyl (C=O) groups is 1. The number of anilines is 1. The molecule has 0 saturated carbocycles. The van der Waals surface area contributed by atoms with E-state index in [9.17, 15) is 4.79 Å². The summed E-state index contributed by atoms with van der Waals surface area (Å²) in [5.74, 6) is -0.0389. The molecule has 1 fully saturated rings. The summed E-state index contributed by atoms with van der Waals surface area (Å²) in [5, 5.41) is 6.07. The molecule has 5 heteroatoms. The number of halogens is 1. The van der Waals surface area contributed by atoms with Gasteiger partial charge >= 0.3 is 0 Å². The second kappa shape index (κ2) is 7.03. The maximum atomic E-state index is 11.8. The summed E-state index contributed by atoms with van der Waals surface area (Å²) in [6.45, 7) is 3.19. The first kappa shape index (κ1) is 14.5. The lowest BCUT2D eigenvalue weighted by Crippen LogP contribution is -2.41. The minimum absolute atomic E-state index is 0.0389. The molecule has 19 heavy (non-hydrogen) atoms. The molecule has 104 valence electrons. The number of nitrogens with one attached hydrogen (secondary N) is 2. The molecule has 0 aromatic heterocycles. The maximum Gasteiger partial charge on any atom is 0.238 e. The summed E-state index contributed by atoms with van der Waals surface area (Å²) < 4.78 is 6.53. The first-order chi connectivity index (χ1) is 9.15. The van der Waals surface area contributed by atoms with Crippen LogP contribution in [0.25, 0.3) is 0 Å². The zero-order chi connectivity index (χ0) is 13.7. The number of amides is 1. The fraction of sp³-hybridized carbons (Fsp3) is 0.500. The van der Waals surface area contributed by atoms with E-state index < -0.39 is 0 Å². The zero-order valence-corrected chi connectivity index (χ0v) is 12.6. The van der Waals surface area contributed by atoms with Gasteiger partial charge in [0.1, 0.15) is 0 Å². The molecule has 1 heterocycles. The van der Waals surface area contributed by atoms with Crippen LogP contribution in [0.15, 0.2) is 28.7 Å². The second-order valence-corrected chi connectivity index (χ2v) is 5.70. The Morgan fingerprint density at radius 1 is 1.58 bits per heavy atom. The minimum Gasteiger partial charge on any atom is -0.377 e. The third-order valence-corrected chi connectivity index (χ3v) is 3.71. The standard InChI is InChI=1S/C14H19BrN2O2/c1-10(13-6-3-7-19-13)16-9-14(18)17-12-5-2-4-11(15)8-12/h2,4-5,8,10,13,16H,3,6-7,9H2,1H3,(H,17,18). The molecular formula is C14H19BrN2O2. The number of rotatable bonds is 5. The lowest BCUT2D eigenvalue weighted by molar-refractivity contribution is -0.115. The van der Waals surface area contributed by atoms with Crippen molar-refractivity contribution in [2.75, 3.05) is 18.5 Å². The molecule has 0 radical (unpaired) electrons. The molecule has 2 rings (SSSR count). The van der Waals surface area contributed by atoms with Gasteiger partial charge in [0.25, 0.3) is 0 Å². The topological polar surface area (TPSA) is 50.4 Å². The summed E-state index contributed by atoms with van der Waals surface area (Å²) in [6, 6.07) is 7.76. The highest BCUT2D eigenvalue weighted by molar-refractivity contribution is 9.10. The Hall–Kier alpha value is -0.910. The van der Waals surface area contributed by atoms with Crippen molar-refractivity contribution in [2.45, 2.75) is 31.9 Å². The maximum absolute atomic E-state index is 11.8. The fourth-order valence-electron chi connectivity index (χ4n) is 2.15. The number of ether oxygens (including phenoxy) is 1. The monoisotopic (exact) mass is 326 g/mol. The summed E-state index contributed by atoms with van der Waals surface area (Å²) in [5.41, 5.74) is 0.797. The van der Waals surface area contributed by atoms with E-state index in [-0.39, 0.29) is 18.1 Å². The molecule has 4 nitrogen and oxygen atoms in total. The molecule has 1 aromatic rings. The van der Waals surface area contributed by atoms with Crippen LogP contribution in [0.4, 0.5) is 5.69 Å². The SMILES string of the molecule is CC(NCC(=O)Nc1cccc(Br)c1)C1CCCO1. The van der Waals surface area contributed by atoms with Crippen LogP contribution >= 0.6 is 15.9 Å². The molecular weight excluding hydrogens is 308 g/mol. The van der Waals surface area contributed by atoms with Crippen LogP contribution in [-0.4, -0.2) is 31.2 Å². The first-order valence-corrected chi connectivity index (χ1v) is 7.35. The molecule has 1 saturated heterocycles. The molecule has 0 bridgehead atoms. The molecule has 1 aliphatic rings. The summed E-state index contributed by atoms with van der Waals surface area (Å²) in [6.07, 6.45) is 2.42. The highest BCUT2D eigenvalue weighted by Gasteiger charge is 2.22. The molecule has 1 aliphatic heterocycles. The van der Waals surface area contributed by atoms with Gasteiger partial charge < -0.3 is 15.4 Å². The van der Waals surface area contributed by atoms with Crippen LogP contribution in [0.1, 0.15) is 19.8 Å². The van der Waals surface area contributed by atoms with Crippen molar-refractivity contribution in [3.05, 3.63) is 28.7 Å². The van der Waals surface area contributed by atoms with Gasteiger partial charge in [-0.25, -0.2) is 0 Å². The molecule has 2 unspecified atom stereocenters. The van der Waals surface area contributed by atoms with Gasteiger partial charge in [0, 0.05) is 22.8 Å². The number of hydrogen-bond acceptors (Lipinski definition) is 3. The van der Waals surface area contributed by atoms with Gasteiger partial charge in [0.15, 0.2) is 0 Å². The van der Waals surface area contributed by atoms with Crippen LogP contribution in [0.5, 0.6) is 0 Å². The third-order valence-electron chi connectivity index (χ3n) is 3.22. The van der Waals surface area contributed by atoms with Crippen molar-refractivity contribution in [3.8, 4) is 0 Å². The van der Waals surface area contributed by atoms with E-state index in [1.807, 2.05) is 24.3 Å². The van der Waals surface area contributed by atoms with E-state index in [2.05, 4.69) is 33.5 Å². The highest BCUT2D eigenvalue weighted by Crippen LogP contribution is 2.16. The van der Waals surface area contributed by atoms with Crippen molar-refractivity contribution in [2.24, 2.45) is 0 Å². The van der Waals surface area contributed by atoms with Crippen molar-refractivity contribution in [1.82, 2.24) is 5.32 Å². The minimum atomic E-state index is -0.0389. The molecule has 2 atom stereocenters. The van der Waals surface area contributed by atoms with Crippen molar-refractivity contribution in [3.63, 3.8) is 0 Å². The van der Waals surface area contributed by atoms with Gasteiger partial charge in [-0.05, 0) is 38.0 Å². The Bertz CT molecular complexity index is 433. The molecule has 2 N–H and O–H groups in total. The van der Waals surface area contributed by atoms with Crippen molar-refractivity contribution >= 4 is 27.5 Å². The quantitative estimate of drug-likeness (QED) is 0.874. The van der Waals surface area contributed by atoms with E-state index in [1.165, 1.54) is 0 Å². The average molecular weight is 327 g/mol. The van der Waals surface area contributed by atoms with Crippen LogP contribution in [0.2, 0.25) is 0 Å². The molecule has 0 spiro atoms. The van der Waals surface area contributed by atoms with Crippen LogP contribution in [0.3, 0.4) is 0 Å². The average Bonchev–Trinajstić information content (AvgIpc) is 2.90. The number of benzene rings is 1. The van der Waals surface area contributed by atoms with Gasteiger partial charge in [-0.3, -0.25) is 4.79 Å². The summed E-state index contributed by atoms with van der Waals surface area (Å²) in [7, 11) is 0. The Labute approximate surface area is 122 Å². The van der Waals surface area contributed by atoms with Gasteiger partial charge in [0.05, 0.1) is 12.6 Å². The third kappa shape index (κ3) is 4.60. The lowest BCUT2D eigenvalue weighted by atomic mass is 10.1. The first-order valence-electron chi connectivity index (χ1n) is 6.55. The predicted molar refractivity (Wildman–Crippen MR) is 79.2 cm³/mol. The summed E-state index contributed by atoms with van der Waals surface area (Å²) >= 11 is 3.38. The van der Waals surface area contributed by atoms with E-state index in [0.29, 0.717) is 6.54 Å². The van der Waals surface area contributed by atoms with Gasteiger partial charge in [-0.2, -0.15) is 0 Å². The molecule has 1 aromatic carbocycles. The van der Waals surface area contributed by atoms with Crippen molar-refractivity contribution < 1.29 is 9.53 Å². The van der Waals surface area contributed by atoms with E-state index in [4.69, 9.17) is 4.74 Å². The number of carbonyl (C=O) groups excluding carboxylic acids is 1. The molecule has 0 aliphatic carbocycles. The summed E-state index contributed by atoms with van der Waals surface area (Å²) in [4.78, 5) is 11.8. The van der Waals surface area contributed by atoms with Gasteiger partial charge in [0.2, 0.25) is 5.91 Å². The van der Waals surface area contributed by atoms with Gasteiger partial charge in [-0.15, -0.1) is 0 Å². The Morgan fingerprint density at radius 2 is 2.42 bits per heavy atom.